The first kappa shape index (κ1) is 23.6. The highest BCUT2D eigenvalue weighted by molar-refractivity contribution is 14.0. The van der Waals surface area contributed by atoms with Crippen molar-refractivity contribution in [3.63, 3.8) is 0 Å². The molecule has 1 aliphatic rings. The van der Waals surface area contributed by atoms with Gasteiger partial charge in [0, 0.05) is 43.7 Å². The summed E-state index contributed by atoms with van der Waals surface area (Å²) in [5.41, 5.74) is 2.16. The van der Waals surface area contributed by atoms with Gasteiger partial charge in [-0.15, -0.1) is 35.3 Å². The predicted octanol–water partition coefficient (Wildman–Crippen LogP) is 2.89. The molecule has 10 heteroatoms. The van der Waals surface area contributed by atoms with E-state index in [2.05, 4.69) is 65.4 Å². The summed E-state index contributed by atoms with van der Waals surface area (Å²) in [5.74, 6) is 1.55. The summed E-state index contributed by atoms with van der Waals surface area (Å²) in [6, 6.07) is 12.9. The molecule has 1 fully saturated rings. The van der Waals surface area contributed by atoms with E-state index in [0.29, 0.717) is 12.6 Å². The van der Waals surface area contributed by atoms with E-state index in [1.165, 1.54) is 11.2 Å². The number of ether oxygens (including phenoxy) is 1. The monoisotopic (exact) mass is 553 g/mol. The Labute approximate surface area is 203 Å². The number of aliphatic imine (C=N–C) groups is 1. The standard InChI is InChI=1S/C21H27N7OS.HI/c1-22-21(23-13-16-4-2-5-17(12-16)20-25-15-26-27-20)24-14-18(19-6-3-11-30-19)28-7-9-29-10-8-28;/h2-6,11-12,15,18H,7-10,13-14H2,1H3,(H2,22,23,24)(H,25,26,27);1H. The van der Waals surface area contributed by atoms with Gasteiger partial charge in [0.05, 0.1) is 19.3 Å². The molecule has 0 bridgehead atoms. The van der Waals surface area contributed by atoms with Crippen LogP contribution in [0.1, 0.15) is 16.5 Å². The van der Waals surface area contributed by atoms with Gasteiger partial charge in [0.25, 0.3) is 0 Å². The third-order valence-corrected chi connectivity index (χ3v) is 6.09. The number of aromatic nitrogens is 3. The minimum absolute atomic E-state index is 0. The van der Waals surface area contributed by atoms with Gasteiger partial charge >= 0.3 is 0 Å². The molecular weight excluding hydrogens is 525 g/mol. The lowest BCUT2D eigenvalue weighted by molar-refractivity contribution is 0.0177. The Morgan fingerprint density at radius 1 is 1.26 bits per heavy atom. The average Bonchev–Trinajstić information content (AvgIpc) is 3.52. The Morgan fingerprint density at radius 3 is 2.84 bits per heavy atom. The van der Waals surface area contributed by atoms with Crippen LogP contribution in [0.15, 0.2) is 53.1 Å². The van der Waals surface area contributed by atoms with Crippen LogP contribution in [0.5, 0.6) is 0 Å². The lowest BCUT2D eigenvalue weighted by atomic mass is 10.1. The molecule has 3 N–H and O–H groups in total. The van der Waals surface area contributed by atoms with E-state index in [4.69, 9.17) is 4.74 Å². The maximum atomic E-state index is 5.53. The predicted molar refractivity (Wildman–Crippen MR) is 135 cm³/mol. The largest absolute Gasteiger partial charge is 0.379 e. The second-order valence-electron chi connectivity index (χ2n) is 7.02. The van der Waals surface area contributed by atoms with Crippen LogP contribution in [0.3, 0.4) is 0 Å². The van der Waals surface area contributed by atoms with Crippen LogP contribution < -0.4 is 10.6 Å². The molecule has 1 saturated heterocycles. The lowest BCUT2D eigenvalue weighted by Crippen LogP contribution is -2.46. The molecule has 3 heterocycles. The third-order valence-electron chi connectivity index (χ3n) is 5.12. The van der Waals surface area contributed by atoms with Gasteiger partial charge < -0.3 is 15.4 Å². The maximum absolute atomic E-state index is 5.53. The molecule has 166 valence electrons. The van der Waals surface area contributed by atoms with Gasteiger partial charge in [-0.1, -0.05) is 24.3 Å². The molecule has 1 aromatic carbocycles. The minimum Gasteiger partial charge on any atom is -0.379 e. The highest BCUT2D eigenvalue weighted by Gasteiger charge is 2.23. The average molecular weight is 553 g/mol. The topological polar surface area (TPSA) is 90.5 Å². The van der Waals surface area contributed by atoms with Crippen molar-refractivity contribution in [2.24, 2.45) is 4.99 Å². The Balaban J connectivity index is 0.00000272. The van der Waals surface area contributed by atoms with Crippen molar-refractivity contribution >= 4 is 41.3 Å². The number of morpholine rings is 1. The molecule has 1 unspecified atom stereocenters. The van der Waals surface area contributed by atoms with Gasteiger partial charge in [-0.25, -0.2) is 4.98 Å². The summed E-state index contributed by atoms with van der Waals surface area (Å²) in [6.07, 6.45) is 1.52. The third kappa shape index (κ3) is 6.48. The van der Waals surface area contributed by atoms with Gasteiger partial charge in [0.15, 0.2) is 11.8 Å². The van der Waals surface area contributed by atoms with Crippen molar-refractivity contribution in [3.05, 3.63) is 58.5 Å². The van der Waals surface area contributed by atoms with Crippen LogP contribution in [0.2, 0.25) is 0 Å². The molecule has 0 radical (unpaired) electrons. The quantitative estimate of drug-likeness (QED) is 0.237. The fourth-order valence-electron chi connectivity index (χ4n) is 3.55. The molecule has 8 nitrogen and oxygen atoms in total. The van der Waals surface area contributed by atoms with Crippen LogP contribution in [0.4, 0.5) is 0 Å². The first-order valence-electron chi connectivity index (χ1n) is 10.1. The number of hydrogen-bond acceptors (Lipinski definition) is 6. The normalized spacial score (nSPS) is 15.8. The van der Waals surface area contributed by atoms with Crippen molar-refractivity contribution < 1.29 is 4.74 Å². The number of nitrogens with zero attached hydrogens (tertiary/aromatic N) is 4. The molecule has 1 atom stereocenters. The number of guanidine groups is 1. The molecule has 0 saturated carbocycles. The lowest BCUT2D eigenvalue weighted by Gasteiger charge is -2.34. The number of hydrogen-bond donors (Lipinski definition) is 3. The minimum atomic E-state index is 0. The Kier molecular flexibility index (Phi) is 9.25. The fraction of sp³-hybridized carbons (Fsp3) is 0.381. The molecule has 2 aromatic heterocycles. The van der Waals surface area contributed by atoms with Crippen molar-refractivity contribution in [2.45, 2.75) is 12.6 Å². The number of rotatable bonds is 7. The van der Waals surface area contributed by atoms with E-state index < -0.39 is 0 Å². The van der Waals surface area contributed by atoms with Gasteiger partial charge in [0.2, 0.25) is 0 Å². The second kappa shape index (κ2) is 12.1. The number of nitrogens with one attached hydrogen (secondary N) is 3. The maximum Gasteiger partial charge on any atom is 0.191 e. The van der Waals surface area contributed by atoms with Gasteiger partial charge in [0.1, 0.15) is 6.33 Å². The van der Waals surface area contributed by atoms with Crippen LogP contribution in [-0.2, 0) is 11.3 Å². The second-order valence-corrected chi connectivity index (χ2v) is 8.00. The van der Waals surface area contributed by atoms with Crippen molar-refractivity contribution in [2.75, 3.05) is 39.9 Å². The number of aromatic amines is 1. The molecule has 0 aliphatic carbocycles. The molecular formula is C21H28IN7OS. The van der Waals surface area contributed by atoms with Gasteiger partial charge in [-0.3, -0.25) is 15.0 Å². The smallest absolute Gasteiger partial charge is 0.191 e. The van der Waals surface area contributed by atoms with Crippen LogP contribution >= 0.6 is 35.3 Å². The van der Waals surface area contributed by atoms with E-state index in [1.807, 2.05) is 12.1 Å². The van der Waals surface area contributed by atoms with Crippen LogP contribution in [0, 0.1) is 0 Å². The van der Waals surface area contributed by atoms with E-state index in [1.54, 1.807) is 18.4 Å². The van der Waals surface area contributed by atoms with E-state index in [9.17, 15) is 0 Å². The highest BCUT2D eigenvalue weighted by Crippen LogP contribution is 2.25. The zero-order valence-corrected chi connectivity index (χ0v) is 20.6. The molecule has 31 heavy (non-hydrogen) atoms. The summed E-state index contributed by atoms with van der Waals surface area (Å²) < 4.78 is 5.53. The first-order valence-corrected chi connectivity index (χ1v) is 11.0. The van der Waals surface area contributed by atoms with E-state index >= 15 is 0 Å². The molecule has 0 spiro atoms. The first-order chi connectivity index (χ1) is 14.8. The summed E-state index contributed by atoms with van der Waals surface area (Å²) in [6.45, 7) is 4.93. The SMILES string of the molecule is CN=C(NCc1cccc(-c2ncn[nH]2)c1)NCC(c1cccs1)N1CCOCC1.I. The molecule has 0 amide bonds. The Bertz CT molecular complexity index is 927. The number of H-pyrrole nitrogens is 1. The summed E-state index contributed by atoms with van der Waals surface area (Å²) in [4.78, 5) is 12.5. The van der Waals surface area contributed by atoms with Crippen molar-refractivity contribution in [1.29, 1.82) is 0 Å². The number of halogens is 1. The van der Waals surface area contributed by atoms with Crippen LogP contribution in [0.25, 0.3) is 11.4 Å². The fourth-order valence-corrected chi connectivity index (χ4v) is 4.41. The van der Waals surface area contributed by atoms with Gasteiger partial charge in [-0.05, 0) is 23.1 Å². The highest BCUT2D eigenvalue weighted by atomic mass is 127. The van der Waals surface area contributed by atoms with Crippen molar-refractivity contribution in [3.8, 4) is 11.4 Å². The van der Waals surface area contributed by atoms with Crippen molar-refractivity contribution in [1.82, 2.24) is 30.7 Å². The molecule has 3 aromatic rings. The van der Waals surface area contributed by atoms with E-state index in [-0.39, 0.29) is 24.0 Å². The summed E-state index contributed by atoms with van der Waals surface area (Å²) >= 11 is 1.80. The van der Waals surface area contributed by atoms with Gasteiger partial charge in [-0.2, -0.15) is 5.10 Å². The zero-order chi connectivity index (χ0) is 20.6. The summed E-state index contributed by atoms with van der Waals surface area (Å²) in [5, 5.41) is 15.9. The Hall–Kier alpha value is -2.02. The Morgan fingerprint density at radius 2 is 2.13 bits per heavy atom. The molecule has 1 aliphatic heterocycles. The number of benzene rings is 1. The zero-order valence-electron chi connectivity index (χ0n) is 17.5. The number of thiophene rings is 1. The van der Waals surface area contributed by atoms with Crippen LogP contribution in [-0.4, -0.2) is 65.9 Å². The summed E-state index contributed by atoms with van der Waals surface area (Å²) in [7, 11) is 1.80. The van der Waals surface area contributed by atoms with E-state index in [0.717, 1.165) is 55.8 Å². The molecule has 4 rings (SSSR count).